The van der Waals surface area contributed by atoms with E-state index in [9.17, 15) is 9.59 Å². The molecule has 3 heterocycles. The molecule has 1 atom stereocenters. The van der Waals surface area contributed by atoms with Crippen LogP contribution in [0.3, 0.4) is 0 Å². The third-order valence-electron chi connectivity index (χ3n) is 6.33. The molecule has 0 saturated heterocycles. The lowest BCUT2D eigenvalue weighted by molar-refractivity contribution is 0.0729. The highest BCUT2D eigenvalue weighted by atomic mass is 32.1. The van der Waals surface area contributed by atoms with Gasteiger partial charge in [0.15, 0.2) is 11.5 Å². The van der Waals surface area contributed by atoms with Crippen molar-refractivity contribution in [2.24, 2.45) is 0 Å². The van der Waals surface area contributed by atoms with Crippen LogP contribution in [0.4, 0.5) is 5.00 Å². The van der Waals surface area contributed by atoms with E-state index in [4.69, 9.17) is 9.47 Å². The molecule has 0 saturated carbocycles. The van der Waals surface area contributed by atoms with E-state index in [1.807, 2.05) is 12.1 Å². The number of esters is 1. The number of methoxy groups -OCH3 is 1. The molecule has 1 amide bonds. The molecule has 5 rings (SSSR count). The van der Waals surface area contributed by atoms with Gasteiger partial charge >= 0.3 is 5.97 Å². The van der Waals surface area contributed by atoms with Crippen LogP contribution in [0.15, 0.2) is 48.5 Å². The summed E-state index contributed by atoms with van der Waals surface area (Å²) in [5.41, 5.74) is 3.21. The number of thiophene rings is 1. The molecule has 0 unspecified atom stereocenters. The highest BCUT2D eigenvalue weighted by molar-refractivity contribution is 7.16. The minimum atomic E-state index is -0.458. The van der Waals surface area contributed by atoms with E-state index in [1.165, 1.54) is 17.6 Å². The fourth-order valence-corrected chi connectivity index (χ4v) is 5.72. The number of hydrogen-bond acceptors (Lipinski definition) is 7. The Morgan fingerprint density at radius 1 is 1.12 bits per heavy atom. The van der Waals surface area contributed by atoms with Gasteiger partial charge in [-0.05, 0) is 55.7 Å². The van der Waals surface area contributed by atoms with Crippen molar-refractivity contribution in [2.45, 2.75) is 39.0 Å². The second-order valence-electron chi connectivity index (χ2n) is 8.74. The molecule has 2 aromatic carbocycles. The first kappa shape index (κ1) is 22.4. The van der Waals surface area contributed by atoms with Gasteiger partial charge in [0.1, 0.15) is 11.2 Å². The van der Waals surface area contributed by atoms with Crippen LogP contribution in [0, 0.1) is 0 Å². The van der Waals surface area contributed by atoms with Crippen LogP contribution in [0.5, 0.6) is 11.5 Å². The van der Waals surface area contributed by atoms with Gasteiger partial charge in [0.2, 0.25) is 0 Å². The largest absolute Gasteiger partial charge is 0.493 e. The zero-order valence-electron chi connectivity index (χ0n) is 19.4. The molecule has 176 valence electrons. The molecule has 0 spiro atoms. The van der Waals surface area contributed by atoms with Crippen molar-refractivity contribution in [3.63, 3.8) is 0 Å². The van der Waals surface area contributed by atoms with E-state index in [-0.39, 0.29) is 5.91 Å². The first-order chi connectivity index (χ1) is 16.4. The lowest BCUT2D eigenvalue weighted by Crippen LogP contribution is -2.39. The second-order valence-corrected chi connectivity index (χ2v) is 9.84. The fraction of sp³-hybridized carbons (Fsp3) is 0.308. The number of amides is 1. The van der Waals surface area contributed by atoms with Gasteiger partial charge in [-0.3, -0.25) is 9.69 Å². The van der Waals surface area contributed by atoms with Gasteiger partial charge in [-0.1, -0.05) is 24.3 Å². The summed E-state index contributed by atoms with van der Waals surface area (Å²) in [5, 5.41) is 7.47. The summed E-state index contributed by atoms with van der Waals surface area (Å²) in [6.07, 6.45) is 0.475. The lowest BCUT2D eigenvalue weighted by Gasteiger charge is -2.31. The van der Waals surface area contributed by atoms with Crippen LogP contribution in [-0.4, -0.2) is 36.5 Å². The van der Waals surface area contributed by atoms with Gasteiger partial charge in [0.05, 0.1) is 18.2 Å². The van der Waals surface area contributed by atoms with Crippen molar-refractivity contribution in [2.75, 3.05) is 19.0 Å². The number of carbonyl (C=O) groups excluding carboxylic acids is 2. The Bertz CT molecular complexity index is 1240. The Labute approximate surface area is 202 Å². The molecular formula is C26H27N3O4S. The van der Waals surface area contributed by atoms with Crippen molar-refractivity contribution < 1.29 is 19.1 Å². The minimum absolute atomic E-state index is 0.0622. The average Bonchev–Trinajstić information content (AvgIpc) is 3.23. The van der Waals surface area contributed by atoms with Crippen molar-refractivity contribution in [1.29, 1.82) is 0 Å². The normalized spacial score (nSPS) is 17.4. The van der Waals surface area contributed by atoms with Crippen molar-refractivity contribution in [1.82, 2.24) is 10.2 Å². The number of rotatable bonds is 5. The Morgan fingerprint density at radius 3 is 2.65 bits per heavy atom. The van der Waals surface area contributed by atoms with Crippen LogP contribution >= 0.6 is 11.3 Å². The molecule has 7 nitrogen and oxygen atoms in total. The fourth-order valence-electron chi connectivity index (χ4n) is 4.42. The van der Waals surface area contributed by atoms with Crippen LogP contribution in [0.1, 0.15) is 56.7 Å². The van der Waals surface area contributed by atoms with Crippen molar-refractivity contribution in [3.8, 4) is 11.5 Å². The maximum Gasteiger partial charge on any atom is 0.343 e. The van der Waals surface area contributed by atoms with E-state index < -0.39 is 12.1 Å². The highest BCUT2D eigenvalue weighted by Crippen LogP contribution is 2.41. The van der Waals surface area contributed by atoms with Crippen LogP contribution in [0.25, 0.3) is 0 Å². The minimum Gasteiger partial charge on any atom is -0.493 e. The Hall–Kier alpha value is -3.36. The number of nitrogens with one attached hydrogen (secondary N) is 2. The lowest BCUT2D eigenvalue weighted by atomic mass is 9.99. The molecule has 2 aliphatic rings. The molecule has 3 aromatic rings. The van der Waals surface area contributed by atoms with E-state index in [1.54, 1.807) is 47.7 Å². The standard InChI is InChI=1S/C26H27N3O4S/c1-15(2)29-12-11-18-21(14-29)34-25-22(18)24(30)27-23(28-25)17-9-10-19(20(13-17)32-3)33-26(31)16-7-5-4-6-8-16/h4-10,13,15,23,28H,11-12,14H2,1-3H3,(H,27,30)/t23-/m0/s1. The molecule has 1 aromatic heterocycles. The molecule has 0 fully saturated rings. The number of carbonyl (C=O) groups is 2. The average molecular weight is 478 g/mol. The van der Waals surface area contributed by atoms with Crippen LogP contribution < -0.4 is 20.1 Å². The highest BCUT2D eigenvalue weighted by Gasteiger charge is 2.34. The summed E-state index contributed by atoms with van der Waals surface area (Å²) in [5.74, 6) is 0.220. The first-order valence-electron chi connectivity index (χ1n) is 11.4. The summed E-state index contributed by atoms with van der Waals surface area (Å²) in [4.78, 5) is 29.2. The number of benzene rings is 2. The summed E-state index contributed by atoms with van der Waals surface area (Å²) in [7, 11) is 1.53. The van der Waals surface area contributed by atoms with Gasteiger partial charge in [0.25, 0.3) is 5.91 Å². The third-order valence-corrected chi connectivity index (χ3v) is 7.48. The summed E-state index contributed by atoms with van der Waals surface area (Å²) in [6.45, 7) is 6.24. The SMILES string of the molecule is COc1cc([C@H]2NC(=O)c3c(sc4c3CCN(C(C)C)C4)N2)ccc1OC(=O)c1ccccc1. The zero-order chi connectivity index (χ0) is 23.8. The Kier molecular flexibility index (Phi) is 6.02. The predicted molar refractivity (Wildman–Crippen MR) is 132 cm³/mol. The Balaban J connectivity index is 1.37. The van der Waals surface area contributed by atoms with E-state index in [0.29, 0.717) is 23.1 Å². The first-order valence-corrected chi connectivity index (χ1v) is 12.2. The smallest absolute Gasteiger partial charge is 0.343 e. The van der Waals surface area contributed by atoms with E-state index >= 15 is 0 Å². The second kappa shape index (κ2) is 9.12. The number of nitrogens with zero attached hydrogens (tertiary/aromatic N) is 1. The van der Waals surface area contributed by atoms with Crippen molar-refractivity contribution in [3.05, 3.63) is 75.7 Å². The topological polar surface area (TPSA) is 79.9 Å². The maximum absolute atomic E-state index is 13.1. The molecule has 0 aliphatic carbocycles. The molecule has 2 N–H and O–H groups in total. The number of fused-ring (bicyclic) bond motifs is 3. The monoisotopic (exact) mass is 477 g/mol. The summed E-state index contributed by atoms with van der Waals surface area (Å²) < 4.78 is 11.0. The van der Waals surface area contributed by atoms with E-state index in [2.05, 4.69) is 29.4 Å². The third kappa shape index (κ3) is 4.15. The predicted octanol–water partition coefficient (Wildman–Crippen LogP) is 4.60. The molecule has 0 bridgehead atoms. The maximum atomic E-state index is 13.1. The number of hydrogen-bond donors (Lipinski definition) is 2. The Morgan fingerprint density at radius 2 is 1.91 bits per heavy atom. The van der Waals surface area contributed by atoms with Gasteiger partial charge < -0.3 is 20.1 Å². The van der Waals surface area contributed by atoms with Crippen LogP contribution in [-0.2, 0) is 13.0 Å². The van der Waals surface area contributed by atoms with Gasteiger partial charge in [0, 0.05) is 24.0 Å². The summed E-state index contributed by atoms with van der Waals surface area (Å²) in [6, 6.07) is 14.6. The molecular weight excluding hydrogens is 450 g/mol. The zero-order valence-corrected chi connectivity index (χ0v) is 20.2. The van der Waals surface area contributed by atoms with Crippen LogP contribution in [0.2, 0.25) is 0 Å². The summed E-state index contributed by atoms with van der Waals surface area (Å²) >= 11 is 1.67. The quantitative estimate of drug-likeness (QED) is 0.413. The molecule has 2 aliphatic heterocycles. The number of ether oxygens (including phenoxy) is 2. The van der Waals surface area contributed by atoms with Gasteiger partial charge in [-0.25, -0.2) is 4.79 Å². The number of anilines is 1. The van der Waals surface area contributed by atoms with Crippen molar-refractivity contribution >= 4 is 28.2 Å². The molecule has 0 radical (unpaired) electrons. The molecule has 34 heavy (non-hydrogen) atoms. The molecule has 8 heteroatoms. The van der Waals surface area contributed by atoms with E-state index in [0.717, 1.165) is 35.6 Å². The van der Waals surface area contributed by atoms with Gasteiger partial charge in [-0.15, -0.1) is 11.3 Å². The van der Waals surface area contributed by atoms with Gasteiger partial charge in [-0.2, -0.15) is 0 Å².